The van der Waals surface area contributed by atoms with Crippen LogP contribution in [0.1, 0.15) is 22.3 Å². The highest BCUT2D eigenvalue weighted by Gasteiger charge is 2.31. The third-order valence-electron chi connectivity index (χ3n) is 2.65. The van der Waals surface area contributed by atoms with Gasteiger partial charge in [0.2, 0.25) is 0 Å². The fourth-order valence-electron chi connectivity index (χ4n) is 1.85. The van der Waals surface area contributed by atoms with Crippen LogP contribution in [0.3, 0.4) is 0 Å². The zero-order chi connectivity index (χ0) is 11.0. The first-order valence-corrected chi connectivity index (χ1v) is 4.63. The highest BCUT2D eigenvalue weighted by atomic mass is 19.1. The molecule has 0 amide bonds. The maximum atomic E-state index is 13.3. The van der Waals surface area contributed by atoms with Crippen LogP contribution >= 0.6 is 0 Å². The highest BCUT2D eigenvalue weighted by Crippen LogP contribution is 2.27. The van der Waals surface area contributed by atoms with Gasteiger partial charge in [0.1, 0.15) is 5.82 Å². The van der Waals surface area contributed by atoms with Gasteiger partial charge in [0.15, 0.2) is 5.78 Å². The monoisotopic (exact) mass is 208 g/mol. The van der Waals surface area contributed by atoms with Crippen LogP contribution in [-0.2, 0) is 11.2 Å². The Labute approximate surface area is 85.5 Å². The summed E-state index contributed by atoms with van der Waals surface area (Å²) in [5.74, 6) is -2.62. The lowest BCUT2D eigenvalue weighted by atomic mass is 9.83. The predicted octanol–water partition coefficient (Wildman–Crippen LogP) is 1.66. The zero-order valence-corrected chi connectivity index (χ0v) is 7.87. The first kappa shape index (κ1) is 9.83. The predicted molar refractivity (Wildman–Crippen MR) is 50.2 cm³/mol. The van der Waals surface area contributed by atoms with Crippen molar-refractivity contribution in [1.82, 2.24) is 0 Å². The van der Waals surface area contributed by atoms with Gasteiger partial charge in [-0.2, -0.15) is 0 Å². The van der Waals surface area contributed by atoms with Crippen molar-refractivity contribution in [3.05, 3.63) is 35.1 Å². The minimum atomic E-state index is -1.04. The molecule has 0 fully saturated rings. The van der Waals surface area contributed by atoms with E-state index < -0.39 is 17.7 Å². The van der Waals surface area contributed by atoms with Crippen molar-refractivity contribution in [3.63, 3.8) is 0 Å². The van der Waals surface area contributed by atoms with Crippen LogP contribution in [0.15, 0.2) is 18.2 Å². The van der Waals surface area contributed by atoms with Gasteiger partial charge in [0, 0.05) is 12.0 Å². The molecule has 0 saturated heterocycles. The van der Waals surface area contributed by atoms with Crippen molar-refractivity contribution in [2.45, 2.75) is 12.8 Å². The molecule has 0 saturated carbocycles. The molecule has 0 spiro atoms. The Bertz CT molecular complexity index is 439. The number of carbonyl (C=O) groups excluding carboxylic acids is 1. The van der Waals surface area contributed by atoms with E-state index in [0.717, 1.165) is 0 Å². The molecule has 78 valence electrons. The van der Waals surface area contributed by atoms with E-state index in [0.29, 0.717) is 5.56 Å². The molecule has 1 aliphatic rings. The summed E-state index contributed by atoms with van der Waals surface area (Å²) in [6.45, 7) is 0. The number of carboxylic acids is 1. The largest absolute Gasteiger partial charge is 0.481 e. The molecule has 2 rings (SSSR count). The van der Waals surface area contributed by atoms with Gasteiger partial charge >= 0.3 is 5.97 Å². The molecule has 1 aliphatic carbocycles. The van der Waals surface area contributed by atoms with Gasteiger partial charge in [-0.25, -0.2) is 4.39 Å². The van der Waals surface area contributed by atoms with Crippen LogP contribution in [-0.4, -0.2) is 16.9 Å². The van der Waals surface area contributed by atoms with Gasteiger partial charge in [-0.05, 0) is 18.1 Å². The molecule has 1 N–H and O–H groups in total. The van der Waals surface area contributed by atoms with E-state index in [2.05, 4.69) is 0 Å². The first-order chi connectivity index (χ1) is 7.09. The van der Waals surface area contributed by atoms with Crippen LogP contribution in [0.4, 0.5) is 4.39 Å². The standard InChI is InChI=1S/C11H9FO3/c12-9-3-1-2-7-8(9)4-6(11(14)15)5-10(7)13/h1-3,6H,4-5H2,(H,14,15). The Morgan fingerprint density at radius 3 is 2.80 bits per heavy atom. The third-order valence-corrected chi connectivity index (χ3v) is 2.65. The molecule has 0 bridgehead atoms. The van der Waals surface area contributed by atoms with Crippen LogP contribution < -0.4 is 0 Å². The molecule has 1 unspecified atom stereocenters. The van der Waals surface area contributed by atoms with Crippen LogP contribution in [0, 0.1) is 11.7 Å². The average Bonchev–Trinajstić information content (AvgIpc) is 2.19. The number of ketones is 1. The summed E-state index contributed by atoms with van der Waals surface area (Å²) in [4.78, 5) is 22.3. The van der Waals surface area contributed by atoms with E-state index >= 15 is 0 Å². The lowest BCUT2D eigenvalue weighted by molar-refractivity contribution is -0.141. The van der Waals surface area contributed by atoms with Crippen molar-refractivity contribution in [2.75, 3.05) is 0 Å². The van der Waals surface area contributed by atoms with E-state index in [1.165, 1.54) is 12.1 Å². The fourth-order valence-corrected chi connectivity index (χ4v) is 1.85. The molecular formula is C11H9FO3. The molecule has 0 radical (unpaired) electrons. The maximum Gasteiger partial charge on any atom is 0.307 e. The van der Waals surface area contributed by atoms with E-state index in [4.69, 9.17) is 5.11 Å². The Morgan fingerprint density at radius 2 is 2.13 bits per heavy atom. The third kappa shape index (κ3) is 1.63. The number of rotatable bonds is 1. The number of hydrogen-bond acceptors (Lipinski definition) is 2. The smallest absolute Gasteiger partial charge is 0.307 e. The number of fused-ring (bicyclic) bond motifs is 1. The lowest BCUT2D eigenvalue weighted by Gasteiger charge is -2.20. The van der Waals surface area contributed by atoms with E-state index in [-0.39, 0.29) is 24.2 Å². The van der Waals surface area contributed by atoms with Crippen LogP contribution in [0.5, 0.6) is 0 Å². The van der Waals surface area contributed by atoms with E-state index in [1.54, 1.807) is 6.07 Å². The molecule has 0 aliphatic heterocycles. The normalized spacial score (nSPS) is 19.8. The summed E-state index contributed by atoms with van der Waals surface area (Å²) in [6, 6.07) is 4.25. The number of Topliss-reactive ketones (excluding diaryl/α,β-unsaturated/α-hetero) is 1. The summed E-state index contributed by atoms with van der Waals surface area (Å²) >= 11 is 0. The molecule has 0 aromatic heterocycles. The zero-order valence-electron chi connectivity index (χ0n) is 7.87. The van der Waals surface area contributed by atoms with Crippen LogP contribution in [0.2, 0.25) is 0 Å². The van der Waals surface area contributed by atoms with Crippen molar-refractivity contribution >= 4 is 11.8 Å². The topological polar surface area (TPSA) is 54.4 Å². The Morgan fingerprint density at radius 1 is 1.40 bits per heavy atom. The maximum absolute atomic E-state index is 13.3. The van der Waals surface area contributed by atoms with E-state index in [9.17, 15) is 14.0 Å². The highest BCUT2D eigenvalue weighted by molar-refractivity contribution is 6.00. The molecule has 4 heteroatoms. The second-order valence-corrected chi connectivity index (χ2v) is 3.63. The fraction of sp³-hybridized carbons (Fsp3) is 0.273. The van der Waals surface area contributed by atoms with E-state index in [1.807, 2.05) is 0 Å². The van der Waals surface area contributed by atoms with Gasteiger partial charge in [-0.15, -0.1) is 0 Å². The van der Waals surface area contributed by atoms with Crippen molar-refractivity contribution in [2.24, 2.45) is 5.92 Å². The molecule has 15 heavy (non-hydrogen) atoms. The second-order valence-electron chi connectivity index (χ2n) is 3.63. The summed E-state index contributed by atoms with van der Waals surface area (Å²) < 4.78 is 13.3. The lowest BCUT2D eigenvalue weighted by Crippen LogP contribution is -2.27. The molecular weight excluding hydrogens is 199 g/mol. The Hall–Kier alpha value is -1.71. The SMILES string of the molecule is O=C1CC(C(=O)O)Cc2c(F)cccc21. The average molecular weight is 208 g/mol. The Balaban J connectivity index is 2.46. The summed E-state index contributed by atoms with van der Waals surface area (Å²) in [5, 5.41) is 8.80. The van der Waals surface area contributed by atoms with Gasteiger partial charge in [0.05, 0.1) is 5.92 Å². The number of halogens is 1. The summed E-state index contributed by atoms with van der Waals surface area (Å²) in [6.07, 6.45) is 0.0644. The van der Waals surface area contributed by atoms with Crippen LogP contribution in [0.25, 0.3) is 0 Å². The molecule has 1 aromatic carbocycles. The van der Waals surface area contributed by atoms with Gasteiger partial charge in [-0.1, -0.05) is 12.1 Å². The minimum absolute atomic E-state index is 0.0359. The summed E-state index contributed by atoms with van der Waals surface area (Å²) in [7, 11) is 0. The molecule has 1 atom stereocenters. The number of hydrogen-bond donors (Lipinski definition) is 1. The minimum Gasteiger partial charge on any atom is -0.481 e. The number of aliphatic carboxylic acids is 1. The molecule has 1 aromatic rings. The first-order valence-electron chi connectivity index (χ1n) is 4.63. The van der Waals surface area contributed by atoms with Crippen molar-refractivity contribution < 1.29 is 19.1 Å². The van der Waals surface area contributed by atoms with Gasteiger partial charge in [-0.3, -0.25) is 9.59 Å². The van der Waals surface area contributed by atoms with Gasteiger partial charge in [0.25, 0.3) is 0 Å². The Kier molecular flexibility index (Phi) is 2.26. The second kappa shape index (κ2) is 3.46. The number of carboxylic acid groups (broad SMARTS) is 1. The summed E-state index contributed by atoms with van der Waals surface area (Å²) in [5.41, 5.74) is 0.564. The number of benzene rings is 1. The van der Waals surface area contributed by atoms with Gasteiger partial charge < -0.3 is 5.11 Å². The van der Waals surface area contributed by atoms with Crippen molar-refractivity contribution in [3.8, 4) is 0 Å². The quantitative estimate of drug-likeness (QED) is 0.763. The van der Waals surface area contributed by atoms with Crippen molar-refractivity contribution in [1.29, 1.82) is 0 Å². The molecule has 3 nitrogen and oxygen atoms in total. The molecule has 0 heterocycles. The number of carbonyl (C=O) groups is 2.